The molecule has 3 heteroatoms. The van der Waals surface area contributed by atoms with Crippen LogP contribution in [0.3, 0.4) is 0 Å². The zero-order valence-corrected chi connectivity index (χ0v) is 25.1. The van der Waals surface area contributed by atoms with Gasteiger partial charge in [-0.05, 0) is 62.9 Å². The van der Waals surface area contributed by atoms with Gasteiger partial charge in [-0.1, -0.05) is 140 Å². The number of pyridine rings is 1. The second kappa shape index (κ2) is 12.1. The minimum atomic E-state index is 0.714. The van der Waals surface area contributed by atoms with Gasteiger partial charge in [-0.25, -0.2) is 9.97 Å². The van der Waals surface area contributed by atoms with Gasteiger partial charge in [-0.3, -0.25) is 4.98 Å². The zero-order chi connectivity index (χ0) is 30.7. The van der Waals surface area contributed by atoms with Gasteiger partial charge in [0.25, 0.3) is 0 Å². The van der Waals surface area contributed by atoms with Gasteiger partial charge in [0.2, 0.25) is 0 Å². The third-order valence-electron chi connectivity index (χ3n) is 8.39. The molecule has 8 aromatic rings. The molecule has 0 aliphatic carbocycles. The molecule has 0 unspecified atom stereocenters. The fraction of sp³-hybridized carbons (Fsp3) is 0. The van der Waals surface area contributed by atoms with Gasteiger partial charge in [0.15, 0.2) is 5.82 Å². The maximum atomic E-state index is 5.07. The Morgan fingerprint density at radius 3 is 1.46 bits per heavy atom. The van der Waals surface area contributed by atoms with E-state index in [9.17, 15) is 0 Å². The van der Waals surface area contributed by atoms with E-state index in [1.807, 2.05) is 54.9 Å². The van der Waals surface area contributed by atoms with Crippen LogP contribution in [0.2, 0.25) is 0 Å². The number of hydrogen-bond acceptors (Lipinski definition) is 3. The summed E-state index contributed by atoms with van der Waals surface area (Å²) in [6.45, 7) is 0. The van der Waals surface area contributed by atoms with Gasteiger partial charge in [-0.15, -0.1) is 0 Å². The number of benzene rings is 6. The normalized spacial score (nSPS) is 11.0. The van der Waals surface area contributed by atoms with E-state index in [-0.39, 0.29) is 0 Å². The van der Waals surface area contributed by atoms with E-state index in [4.69, 9.17) is 9.97 Å². The second-order valence-electron chi connectivity index (χ2n) is 11.3. The topological polar surface area (TPSA) is 38.7 Å². The van der Waals surface area contributed by atoms with Crippen molar-refractivity contribution in [3.63, 3.8) is 0 Å². The minimum Gasteiger partial charge on any atom is -0.264 e. The molecule has 0 aliphatic rings. The molecule has 0 fully saturated rings. The first-order valence-corrected chi connectivity index (χ1v) is 15.4. The van der Waals surface area contributed by atoms with Gasteiger partial charge in [0, 0.05) is 34.6 Å². The van der Waals surface area contributed by atoms with Crippen molar-refractivity contribution in [2.45, 2.75) is 0 Å². The third kappa shape index (κ3) is 5.36. The predicted molar refractivity (Wildman–Crippen MR) is 190 cm³/mol. The third-order valence-corrected chi connectivity index (χ3v) is 8.39. The van der Waals surface area contributed by atoms with Gasteiger partial charge in [-0.2, -0.15) is 0 Å². The fourth-order valence-corrected chi connectivity index (χ4v) is 6.12. The Morgan fingerprint density at radius 2 is 0.826 bits per heavy atom. The molecule has 0 aliphatic heterocycles. The molecule has 6 aromatic carbocycles. The summed E-state index contributed by atoms with van der Waals surface area (Å²) >= 11 is 0. The van der Waals surface area contributed by atoms with E-state index < -0.39 is 0 Å². The molecule has 0 bridgehead atoms. The fourth-order valence-electron chi connectivity index (χ4n) is 6.12. The lowest BCUT2D eigenvalue weighted by atomic mass is 9.90. The Balaban J connectivity index is 1.23. The van der Waals surface area contributed by atoms with Crippen molar-refractivity contribution >= 4 is 10.8 Å². The highest BCUT2D eigenvalue weighted by Gasteiger charge is 2.14. The van der Waals surface area contributed by atoms with Crippen molar-refractivity contribution in [3.8, 4) is 67.3 Å². The lowest BCUT2D eigenvalue weighted by molar-refractivity contribution is 1.18. The van der Waals surface area contributed by atoms with Crippen molar-refractivity contribution in [3.05, 3.63) is 176 Å². The summed E-state index contributed by atoms with van der Waals surface area (Å²) in [6.07, 6.45) is 3.72. The van der Waals surface area contributed by atoms with E-state index in [1.54, 1.807) is 0 Å². The monoisotopic (exact) mass is 587 g/mol. The Hall–Kier alpha value is -6.19. The molecule has 216 valence electrons. The summed E-state index contributed by atoms with van der Waals surface area (Å²) in [4.78, 5) is 14.4. The van der Waals surface area contributed by atoms with Gasteiger partial charge in [0.05, 0.1) is 11.4 Å². The lowest BCUT2D eigenvalue weighted by Crippen LogP contribution is -1.96. The van der Waals surface area contributed by atoms with E-state index in [2.05, 4.69) is 126 Å². The van der Waals surface area contributed by atoms with E-state index in [1.165, 1.54) is 27.5 Å². The summed E-state index contributed by atoms with van der Waals surface area (Å²) in [5, 5.41) is 2.43. The van der Waals surface area contributed by atoms with Gasteiger partial charge in [0.1, 0.15) is 0 Å². The van der Waals surface area contributed by atoms with Crippen LogP contribution in [0.4, 0.5) is 0 Å². The number of aromatic nitrogens is 3. The molecule has 3 nitrogen and oxygen atoms in total. The van der Waals surface area contributed by atoms with Gasteiger partial charge < -0.3 is 0 Å². The summed E-state index contributed by atoms with van der Waals surface area (Å²) < 4.78 is 0. The Bertz CT molecular complexity index is 2240. The van der Waals surface area contributed by atoms with Crippen molar-refractivity contribution in [1.82, 2.24) is 15.0 Å². The summed E-state index contributed by atoms with van der Waals surface area (Å²) in [6, 6.07) is 57.2. The summed E-state index contributed by atoms with van der Waals surface area (Å²) in [7, 11) is 0. The second-order valence-corrected chi connectivity index (χ2v) is 11.3. The molecular formula is C43H29N3. The number of nitrogens with zero attached hydrogens (tertiary/aromatic N) is 3. The standard InChI is InChI=1S/C43H29N3/c1-3-12-30(13-4-1)41-28-42(46-43(45-41)31-14-5-2-6-15-31)35-19-10-18-34(27-35)38-24-23-37(39-21-7-8-22-40(38)39)33-17-9-16-32(26-33)36-20-11-25-44-29-36/h1-29H. The smallest absolute Gasteiger partial charge is 0.160 e. The van der Waals surface area contributed by atoms with Crippen LogP contribution in [0.15, 0.2) is 176 Å². The van der Waals surface area contributed by atoms with E-state index >= 15 is 0 Å². The molecule has 0 amide bonds. The molecule has 0 spiro atoms. The molecule has 0 saturated carbocycles. The highest BCUT2D eigenvalue weighted by Crippen LogP contribution is 2.38. The van der Waals surface area contributed by atoms with Crippen LogP contribution in [0.25, 0.3) is 78.1 Å². The van der Waals surface area contributed by atoms with Crippen molar-refractivity contribution in [2.75, 3.05) is 0 Å². The van der Waals surface area contributed by atoms with E-state index in [0.717, 1.165) is 44.8 Å². The number of rotatable bonds is 6. The van der Waals surface area contributed by atoms with Crippen molar-refractivity contribution in [1.29, 1.82) is 0 Å². The highest BCUT2D eigenvalue weighted by atomic mass is 14.9. The van der Waals surface area contributed by atoms with Crippen molar-refractivity contribution in [2.24, 2.45) is 0 Å². The molecule has 0 atom stereocenters. The average molecular weight is 588 g/mol. The molecule has 0 radical (unpaired) electrons. The maximum Gasteiger partial charge on any atom is 0.160 e. The minimum absolute atomic E-state index is 0.714. The number of hydrogen-bond donors (Lipinski definition) is 0. The molecule has 2 heterocycles. The molecule has 8 rings (SSSR count). The van der Waals surface area contributed by atoms with Crippen LogP contribution >= 0.6 is 0 Å². The van der Waals surface area contributed by atoms with Crippen LogP contribution in [-0.2, 0) is 0 Å². The maximum absolute atomic E-state index is 5.07. The van der Waals surface area contributed by atoms with Crippen LogP contribution in [0, 0.1) is 0 Å². The van der Waals surface area contributed by atoms with Crippen molar-refractivity contribution < 1.29 is 0 Å². The lowest BCUT2D eigenvalue weighted by Gasteiger charge is -2.14. The average Bonchev–Trinajstić information content (AvgIpc) is 3.15. The quantitative estimate of drug-likeness (QED) is 0.194. The van der Waals surface area contributed by atoms with Crippen LogP contribution in [0.5, 0.6) is 0 Å². The van der Waals surface area contributed by atoms with Gasteiger partial charge >= 0.3 is 0 Å². The first-order valence-electron chi connectivity index (χ1n) is 15.4. The first-order chi connectivity index (χ1) is 22.8. The Labute approximate surface area is 268 Å². The molecule has 46 heavy (non-hydrogen) atoms. The molecule has 0 saturated heterocycles. The SMILES string of the molecule is c1ccc(-c2cc(-c3cccc(-c4ccc(-c5cccc(-c6cccnc6)c5)c5ccccc45)c3)nc(-c3ccccc3)n2)cc1. The van der Waals surface area contributed by atoms with Crippen LogP contribution in [-0.4, -0.2) is 15.0 Å². The molecule has 0 N–H and O–H groups in total. The Morgan fingerprint density at radius 1 is 0.326 bits per heavy atom. The summed E-state index contributed by atoms with van der Waals surface area (Å²) in [5.74, 6) is 0.714. The van der Waals surface area contributed by atoms with Crippen LogP contribution in [0.1, 0.15) is 0 Å². The zero-order valence-electron chi connectivity index (χ0n) is 25.1. The highest BCUT2D eigenvalue weighted by molar-refractivity contribution is 6.05. The summed E-state index contributed by atoms with van der Waals surface area (Å²) in [5.41, 5.74) is 11.9. The first kappa shape index (κ1) is 27.4. The largest absolute Gasteiger partial charge is 0.264 e. The van der Waals surface area contributed by atoms with Crippen LogP contribution < -0.4 is 0 Å². The number of fused-ring (bicyclic) bond motifs is 1. The molecule has 2 aromatic heterocycles. The van der Waals surface area contributed by atoms with E-state index in [0.29, 0.717) is 5.82 Å². The predicted octanol–water partition coefficient (Wildman–Crippen LogP) is 11.0. The molecular weight excluding hydrogens is 558 g/mol. The Kier molecular flexibility index (Phi) is 7.18.